The lowest BCUT2D eigenvalue weighted by Gasteiger charge is -2.46. The highest BCUT2D eigenvalue weighted by molar-refractivity contribution is 9.10. The molecule has 1 fully saturated rings. The van der Waals surface area contributed by atoms with Gasteiger partial charge in [-0.1, -0.05) is 28.1 Å². The third-order valence-electron chi connectivity index (χ3n) is 2.99. The minimum Gasteiger partial charge on any atom is -0.364 e. The maximum atomic E-state index is 12.0. The third-order valence-corrected chi connectivity index (χ3v) is 3.52. The van der Waals surface area contributed by atoms with Crippen molar-refractivity contribution in [3.63, 3.8) is 0 Å². The second-order valence-corrected chi connectivity index (χ2v) is 5.13. The number of methoxy groups -OCH3 is 2. The summed E-state index contributed by atoms with van der Waals surface area (Å²) >= 11 is 3.39. The van der Waals surface area contributed by atoms with Gasteiger partial charge in [-0.2, -0.15) is 0 Å². The van der Waals surface area contributed by atoms with Crippen LogP contribution in [0.5, 0.6) is 0 Å². The largest absolute Gasteiger partial charge is 0.364 e. The molecule has 1 aliphatic rings. The zero-order valence-electron chi connectivity index (χ0n) is 10.8. The van der Waals surface area contributed by atoms with Crippen LogP contribution in [0.3, 0.4) is 0 Å². The molecule has 0 unspecified atom stereocenters. The van der Waals surface area contributed by atoms with Crippen LogP contribution in [0.4, 0.5) is 0 Å². The fraction of sp³-hybridized carbons (Fsp3) is 0.462. The number of rotatable bonds is 6. The van der Waals surface area contributed by atoms with E-state index in [0.717, 1.165) is 10.0 Å². The van der Waals surface area contributed by atoms with Crippen LogP contribution >= 0.6 is 15.9 Å². The quantitative estimate of drug-likeness (QED) is 0.591. The monoisotopic (exact) mass is 329 g/mol. The highest BCUT2D eigenvalue weighted by atomic mass is 79.9. The van der Waals surface area contributed by atoms with Gasteiger partial charge in [0.2, 0.25) is 0 Å². The van der Waals surface area contributed by atoms with Gasteiger partial charge in [-0.3, -0.25) is 4.79 Å². The first kappa shape index (κ1) is 14.5. The van der Waals surface area contributed by atoms with Crippen LogP contribution in [0.25, 0.3) is 0 Å². The predicted octanol–water partition coefficient (Wildman–Crippen LogP) is 1.93. The highest BCUT2D eigenvalue weighted by Gasteiger charge is 2.49. The van der Waals surface area contributed by atoms with Crippen molar-refractivity contribution >= 4 is 21.8 Å². The summed E-state index contributed by atoms with van der Waals surface area (Å²) in [5.41, 5.74) is 1.01. The van der Waals surface area contributed by atoms with E-state index in [0.29, 0.717) is 0 Å². The van der Waals surface area contributed by atoms with E-state index in [1.807, 2.05) is 24.3 Å². The van der Waals surface area contributed by atoms with Crippen molar-refractivity contribution in [3.8, 4) is 0 Å². The first-order chi connectivity index (χ1) is 9.19. The fourth-order valence-corrected chi connectivity index (χ4v) is 2.38. The van der Waals surface area contributed by atoms with E-state index in [4.69, 9.17) is 14.2 Å². The van der Waals surface area contributed by atoms with E-state index in [2.05, 4.69) is 15.9 Å². The molecule has 2 atom stereocenters. The van der Waals surface area contributed by atoms with Crippen LogP contribution in [-0.2, 0) is 19.0 Å². The number of carbonyl (C=O) groups excluding carboxylic acids is 1. The summed E-state index contributed by atoms with van der Waals surface area (Å²) in [7, 11) is 3.10. The molecular weight excluding hydrogens is 314 g/mol. The molecule has 5 nitrogen and oxygen atoms in total. The molecule has 0 aromatic heterocycles. The Labute approximate surface area is 120 Å². The van der Waals surface area contributed by atoms with Crippen molar-refractivity contribution in [3.05, 3.63) is 34.3 Å². The number of likely N-dealkylation sites (tertiary alicyclic amines) is 1. The zero-order valence-corrected chi connectivity index (χ0v) is 12.4. The number of β-lactam (4-membered cyclic amide) rings is 1. The average Bonchev–Trinajstić information content (AvgIpc) is 2.42. The van der Waals surface area contributed by atoms with Gasteiger partial charge in [0.1, 0.15) is 13.5 Å². The summed E-state index contributed by atoms with van der Waals surface area (Å²) in [5, 5.41) is 0. The lowest BCUT2D eigenvalue weighted by atomic mass is 9.91. The van der Waals surface area contributed by atoms with Crippen LogP contribution in [0.2, 0.25) is 0 Å². The number of hydrogen-bond acceptors (Lipinski definition) is 4. The smallest absolute Gasteiger partial charge is 0.256 e. The van der Waals surface area contributed by atoms with Gasteiger partial charge < -0.3 is 19.1 Å². The molecule has 1 amide bonds. The third kappa shape index (κ3) is 2.97. The van der Waals surface area contributed by atoms with Gasteiger partial charge in [-0.05, 0) is 17.7 Å². The summed E-state index contributed by atoms with van der Waals surface area (Å²) in [6.45, 7) is 0.358. The Morgan fingerprint density at radius 3 is 2.47 bits per heavy atom. The Kier molecular flexibility index (Phi) is 4.93. The Hall–Kier alpha value is -0.950. The van der Waals surface area contributed by atoms with Gasteiger partial charge in [-0.25, -0.2) is 0 Å². The van der Waals surface area contributed by atoms with Crippen LogP contribution in [-0.4, -0.2) is 44.7 Å². The molecule has 1 aromatic carbocycles. The molecule has 0 saturated carbocycles. The normalized spacial score (nSPS) is 22.5. The topological polar surface area (TPSA) is 48.0 Å². The lowest BCUT2D eigenvalue weighted by molar-refractivity contribution is -0.197. The van der Waals surface area contributed by atoms with Gasteiger partial charge in [0.25, 0.3) is 5.91 Å². The number of hydrogen-bond donors (Lipinski definition) is 0. The second-order valence-electron chi connectivity index (χ2n) is 4.22. The SMILES string of the molecule is COCO[C@H]1C(=O)N(COC)[C@H]1c1ccc(Br)cc1. The Morgan fingerprint density at radius 2 is 1.89 bits per heavy atom. The molecule has 1 aliphatic heterocycles. The molecule has 104 valence electrons. The summed E-state index contributed by atoms with van der Waals surface area (Å²) < 4.78 is 16.3. The number of amides is 1. The van der Waals surface area contributed by atoms with Crippen molar-refractivity contribution in [1.29, 1.82) is 0 Å². The van der Waals surface area contributed by atoms with Crippen LogP contribution in [0.1, 0.15) is 11.6 Å². The van der Waals surface area contributed by atoms with E-state index in [9.17, 15) is 4.79 Å². The van der Waals surface area contributed by atoms with Crippen molar-refractivity contribution in [2.75, 3.05) is 27.7 Å². The second kappa shape index (κ2) is 6.47. The molecule has 2 rings (SSSR count). The zero-order chi connectivity index (χ0) is 13.8. The predicted molar refractivity (Wildman–Crippen MR) is 72.4 cm³/mol. The summed E-state index contributed by atoms with van der Waals surface area (Å²) in [6, 6.07) is 7.68. The standard InChI is InChI=1S/C13H16BrNO4/c1-17-7-15-11(9-3-5-10(14)6-4-9)12(13(15)16)19-8-18-2/h3-6,11-12H,7-8H2,1-2H3/t11-,12+/m0/s1. The average molecular weight is 330 g/mol. The van der Waals surface area contributed by atoms with E-state index in [-0.39, 0.29) is 25.5 Å². The van der Waals surface area contributed by atoms with Crippen molar-refractivity contribution in [2.45, 2.75) is 12.1 Å². The number of carbonyl (C=O) groups is 1. The molecule has 0 radical (unpaired) electrons. The van der Waals surface area contributed by atoms with Gasteiger partial charge in [0.05, 0.1) is 6.04 Å². The lowest BCUT2D eigenvalue weighted by Crippen LogP contribution is -2.60. The van der Waals surface area contributed by atoms with E-state index >= 15 is 0 Å². The maximum absolute atomic E-state index is 12.0. The summed E-state index contributed by atoms with van der Waals surface area (Å²) in [5.74, 6) is -0.0770. The van der Waals surface area contributed by atoms with Gasteiger partial charge in [-0.15, -0.1) is 0 Å². The molecule has 0 N–H and O–H groups in total. The molecular formula is C13H16BrNO4. The number of nitrogens with zero attached hydrogens (tertiary/aromatic N) is 1. The molecule has 19 heavy (non-hydrogen) atoms. The van der Waals surface area contributed by atoms with Crippen molar-refractivity contribution in [1.82, 2.24) is 4.90 Å². The van der Waals surface area contributed by atoms with Crippen LogP contribution < -0.4 is 0 Å². The fourth-order valence-electron chi connectivity index (χ4n) is 2.12. The van der Waals surface area contributed by atoms with E-state index in [1.54, 1.807) is 12.0 Å². The van der Waals surface area contributed by atoms with Gasteiger partial charge in [0.15, 0.2) is 6.10 Å². The molecule has 1 heterocycles. The first-order valence-corrected chi connectivity index (χ1v) is 6.63. The Balaban J connectivity index is 2.16. The minimum absolute atomic E-state index is 0.0770. The Bertz CT molecular complexity index is 437. The highest BCUT2D eigenvalue weighted by Crippen LogP contribution is 2.37. The summed E-state index contributed by atoms with van der Waals surface area (Å²) in [4.78, 5) is 13.6. The molecule has 0 bridgehead atoms. The van der Waals surface area contributed by atoms with Gasteiger partial charge in [0, 0.05) is 18.7 Å². The number of halogens is 1. The van der Waals surface area contributed by atoms with Crippen molar-refractivity contribution < 1.29 is 19.0 Å². The molecule has 0 aliphatic carbocycles. The number of benzene rings is 1. The maximum Gasteiger partial charge on any atom is 0.256 e. The minimum atomic E-state index is -0.503. The first-order valence-electron chi connectivity index (χ1n) is 5.84. The molecule has 0 spiro atoms. The molecule has 1 saturated heterocycles. The molecule has 1 aromatic rings. The van der Waals surface area contributed by atoms with Gasteiger partial charge >= 0.3 is 0 Å². The Morgan fingerprint density at radius 1 is 1.21 bits per heavy atom. The van der Waals surface area contributed by atoms with E-state index < -0.39 is 6.10 Å². The van der Waals surface area contributed by atoms with E-state index in [1.165, 1.54) is 7.11 Å². The summed E-state index contributed by atoms with van der Waals surface area (Å²) in [6.07, 6.45) is -0.503. The molecule has 6 heteroatoms. The van der Waals surface area contributed by atoms with Crippen LogP contribution in [0.15, 0.2) is 28.7 Å². The van der Waals surface area contributed by atoms with Crippen LogP contribution in [0, 0.1) is 0 Å². The number of ether oxygens (including phenoxy) is 3. The van der Waals surface area contributed by atoms with Crippen molar-refractivity contribution in [2.24, 2.45) is 0 Å².